The number of nitrogens with one attached hydrogen (secondary N) is 1. The van der Waals surface area contributed by atoms with Crippen LogP contribution in [-0.2, 0) is 45.9 Å². The Hall–Kier alpha value is -3.04. The van der Waals surface area contributed by atoms with Gasteiger partial charge in [-0.15, -0.1) is 0 Å². The summed E-state index contributed by atoms with van der Waals surface area (Å²) in [6.07, 6.45) is 9.29. The number of hydrogen-bond donors (Lipinski definition) is 1. The zero-order valence-electron chi connectivity index (χ0n) is 41.9. The van der Waals surface area contributed by atoms with Gasteiger partial charge in [-0.2, -0.15) is 0 Å². The lowest BCUT2D eigenvalue weighted by Gasteiger charge is -2.42. The van der Waals surface area contributed by atoms with E-state index in [-0.39, 0.29) is 40.3 Å². The van der Waals surface area contributed by atoms with Gasteiger partial charge in [-0.3, -0.25) is 14.5 Å². The largest absolute Gasteiger partial charge is 0.461 e. The van der Waals surface area contributed by atoms with E-state index in [9.17, 15) is 14.4 Å². The predicted molar refractivity (Wildman–Crippen MR) is 263 cm³/mol. The normalized spacial score (nSPS) is 13.7. The van der Waals surface area contributed by atoms with Gasteiger partial charge in [0, 0.05) is 32.5 Å². The molecule has 12 heteroatoms. The molecule has 0 spiro atoms. The van der Waals surface area contributed by atoms with Gasteiger partial charge in [0.05, 0.1) is 12.2 Å². The van der Waals surface area contributed by atoms with Crippen molar-refractivity contribution < 1.29 is 37.4 Å². The van der Waals surface area contributed by atoms with Crippen LogP contribution in [0.5, 0.6) is 0 Å². The van der Waals surface area contributed by atoms with Crippen molar-refractivity contribution in [2.45, 2.75) is 207 Å². The Kier molecular flexibility index (Phi) is 24.4. The van der Waals surface area contributed by atoms with Gasteiger partial charge < -0.3 is 28.4 Å². The first-order valence-corrected chi connectivity index (χ1v) is 29.6. The van der Waals surface area contributed by atoms with Crippen molar-refractivity contribution in [1.29, 1.82) is 0 Å². The van der Waals surface area contributed by atoms with E-state index in [1.807, 2.05) is 81.4 Å². The smallest absolute Gasteiger partial charge is 0.407 e. The molecule has 0 aliphatic carbocycles. The number of alkyl carbamates (subject to hydrolysis) is 1. The molecular weight excluding hydrogens is 825 g/mol. The zero-order valence-corrected chi connectivity index (χ0v) is 43.9. The fourth-order valence-corrected chi connectivity index (χ4v) is 9.38. The first kappa shape index (κ1) is 56.1. The van der Waals surface area contributed by atoms with E-state index < -0.39 is 22.2 Å². The highest BCUT2D eigenvalue weighted by Crippen LogP contribution is 2.39. The molecule has 2 rings (SSSR count). The highest BCUT2D eigenvalue weighted by molar-refractivity contribution is 6.74. The minimum absolute atomic E-state index is 0.0197. The number of benzene rings is 2. The Labute approximate surface area is 385 Å². The maximum Gasteiger partial charge on any atom is 0.407 e. The monoisotopic (exact) mass is 913 g/mol. The number of carbonyl (C=O) groups excluding carboxylic acids is 3. The molecule has 2 aromatic rings. The summed E-state index contributed by atoms with van der Waals surface area (Å²) < 4.78 is 31.0. The Bertz CT molecular complexity index is 1490. The van der Waals surface area contributed by atoms with Crippen molar-refractivity contribution in [2.24, 2.45) is 0 Å². The summed E-state index contributed by atoms with van der Waals surface area (Å²) in [6, 6.07) is 19.6. The third kappa shape index (κ3) is 24.7. The second kappa shape index (κ2) is 27.4. The van der Waals surface area contributed by atoms with E-state index in [2.05, 4.69) is 77.9 Å². The van der Waals surface area contributed by atoms with Crippen molar-refractivity contribution in [1.82, 2.24) is 10.2 Å². The lowest BCUT2D eigenvalue weighted by atomic mass is 10.1. The molecule has 0 aliphatic heterocycles. The summed E-state index contributed by atoms with van der Waals surface area (Å²) in [6.45, 7) is 32.2. The average Bonchev–Trinajstić information content (AvgIpc) is 3.17. The lowest BCUT2D eigenvalue weighted by Crippen LogP contribution is -2.50. The third-order valence-electron chi connectivity index (χ3n) is 12.3. The number of hydrogen-bond acceptors (Lipinski definition) is 9. The van der Waals surface area contributed by atoms with Crippen LogP contribution in [0.15, 0.2) is 60.7 Å². The SMILES string of the molecule is CC(C)(C)OC(=O)NCCCCN(CC(CCCCCC(=O)OCc1ccccc1)O[Si](C)(C)C(C)(C)C)CC(CCCCCC(=O)OCc1ccccc1)O[Si](C)(C)C(C)(C)C. The van der Waals surface area contributed by atoms with Gasteiger partial charge in [-0.1, -0.05) is 128 Å². The molecule has 358 valence electrons. The number of unbranched alkanes of at least 4 members (excludes halogenated alkanes) is 5. The van der Waals surface area contributed by atoms with Crippen molar-refractivity contribution in [3.63, 3.8) is 0 Å². The number of nitrogens with zero attached hydrogens (tertiary/aromatic N) is 1. The van der Waals surface area contributed by atoms with Crippen LogP contribution in [0.25, 0.3) is 0 Å². The topological polar surface area (TPSA) is 113 Å². The molecule has 0 saturated heterocycles. The second-order valence-corrected chi connectivity index (χ2v) is 30.9. The molecule has 0 aliphatic rings. The van der Waals surface area contributed by atoms with Crippen LogP contribution in [0, 0.1) is 0 Å². The highest BCUT2D eigenvalue weighted by atomic mass is 28.4. The van der Waals surface area contributed by atoms with E-state index in [0.29, 0.717) is 32.6 Å². The number of ether oxygens (including phenoxy) is 3. The predicted octanol–water partition coefficient (Wildman–Crippen LogP) is 12.8. The van der Waals surface area contributed by atoms with Crippen LogP contribution >= 0.6 is 0 Å². The molecule has 0 heterocycles. The molecule has 0 fully saturated rings. The molecule has 2 atom stereocenters. The fraction of sp³-hybridized carbons (Fsp3) is 0.706. The molecule has 0 bridgehead atoms. The molecule has 0 radical (unpaired) electrons. The Morgan fingerprint density at radius 2 is 0.984 bits per heavy atom. The summed E-state index contributed by atoms with van der Waals surface area (Å²) in [7, 11) is -4.27. The molecular formula is C51H88N2O8Si2. The standard InChI is InChI=1S/C51H88N2O8Si2/c1-49(2,3)59-48(56)52-36-26-27-37-53(38-44(60-62(10,11)50(4,5)6)32-22-16-24-34-46(54)57-40-42-28-18-14-19-29-42)39-45(61-63(12,13)51(7,8)9)33-23-17-25-35-47(55)58-41-43-30-20-15-21-31-43/h14-15,18-21,28-31,44-45H,16-17,22-27,32-41H2,1-13H3,(H,52,56). The van der Waals surface area contributed by atoms with E-state index >= 15 is 0 Å². The maximum atomic E-state index is 12.6. The van der Waals surface area contributed by atoms with Crippen LogP contribution in [0.1, 0.15) is 150 Å². The van der Waals surface area contributed by atoms with Gasteiger partial charge in [0.1, 0.15) is 18.8 Å². The second-order valence-electron chi connectivity index (χ2n) is 21.4. The van der Waals surface area contributed by atoms with Crippen molar-refractivity contribution in [3.05, 3.63) is 71.8 Å². The van der Waals surface area contributed by atoms with Crippen LogP contribution in [0.4, 0.5) is 4.79 Å². The fourth-order valence-electron chi connectivity index (χ4n) is 6.62. The minimum atomic E-state index is -2.13. The summed E-state index contributed by atoms with van der Waals surface area (Å²) in [5.74, 6) is -0.313. The van der Waals surface area contributed by atoms with E-state index in [4.69, 9.17) is 23.1 Å². The van der Waals surface area contributed by atoms with Gasteiger partial charge in [-0.25, -0.2) is 4.79 Å². The number of amides is 1. The number of esters is 2. The molecule has 10 nitrogen and oxygen atoms in total. The molecule has 1 amide bonds. The minimum Gasteiger partial charge on any atom is -0.461 e. The quantitative estimate of drug-likeness (QED) is 0.0369. The summed E-state index contributed by atoms with van der Waals surface area (Å²) in [5, 5.41) is 3.03. The molecule has 1 N–H and O–H groups in total. The molecule has 2 aromatic carbocycles. The Balaban J connectivity index is 2.19. The van der Waals surface area contributed by atoms with Crippen molar-refractivity contribution in [3.8, 4) is 0 Å². The lowest BCUT2D eigenvalue weighted by molar-refractivity contribution is -0.146. The maximum absolute atomic E-state index is 12.6. The van der Waals surface area contributed by atoms with Crippen LogP contribution in [-0.4, -0.2) is 83.6 Å². The van der Waals surface area contributed by atoms with Crippen molar-refractivity contribution >= 4 is 34.7 Å². The number of carbonyl (C=O) groups is 3. The molecule has 0 aromatic heterocycles. The summed E-state index contributed by atoms with van der Waals surface area (Å²) >= 11 is 0. The number of rotatable bonds is 29. The van der Waals surface area contributed by atoms with Crippen LogP contribution in [0.3, 0.4) is 0 Å². The van der Waals surface area contributed by atoms with Gasteiger partial charge in [-0.05, 0) is 113 Å². The Morgan fingerprint density at radius 3 is 1.37 bits per heavy atom. The molecule has 0 saturated carbocycles. The molecule has 63 heavy (non-hydrogen) atoms. The van der Waals surface area contributed by atoms with E-state index in [1.165, 1.54) is 0 Å². The zero-order chi connectivity index (χ0) is 47.2. The van der Waals surface area contributed by atoms with Gasteiger partial charge in [0.2, 0.25) is 0 Å². The summed E-state index contributed by atoms with van der Waals surface area (Å²) in [4.78, 5) is 40.1. The van der Waals surface area contributed by atoms with E-state index in [1.54, 1.807) is 0 Å². The van der Waals surface area contributed by atoms with Crippen LogP contribution in [0.2, 0.25) is 36.3 Å². The van der Waals surface area contributed by atoms with E-state index in [0.717, 1.165) is 95.0 Å². The third-order valence-corrected chi connectivity index (χ3v) is 21.4. The van der Waals surface area contributed by atoms with Gasteiger partial charge >= 0.3 is 18.0 Å². The van der Waals surface area contributed by atoms with Gasteiger partial charge in [0.15, 0.2) is 16.6 Å². The first-order chi connectivity index (χ1) is 29.4. The summed E-state index contributed by atoms with van der Waals surface area (Å²) in [5.41, 5.74) is 1.44. The Morgan fingerprint density at radius 1 is 0.571 bits per heavy atom. The van der Waals surface area contributed by atoms with Crippen LogP contribution < -0.4 is 5.32 Å². The highest BCUT2D eigenvalue weighted by Gasteiger charge is 2.41. The van der Waals surface area contributed by atoms with Gasteiger partial charge in [0.25, 0.3) is 0 Å². The molecule has 2 unspecified atom stereocenters. The average molecular weight is 913 g/mol. The first-order valence-electron chi connectivity index (χ1n) is 23.8. The van der Waals surface area contributed by atoms with Crippen molar-refractivity contribution in [2.75, 3.05) is 26.2 Å².